The summed E-state index contributed by atoms with van der Waals surface area (Å²) < 4.78 is 4.40. The van der Waals surface area contributed by atoms with Gasteiger partial charge < -0.3 is 26.7 Å². The summed E-state index contributed by atoms with van der Waals surface area (Å²) >= 11 is 2.30. The number of carboxylic acid groups (broad SMARTS) is 1. The fourth-order valence-corrected chi connectivity index (χ4v) is 7.92. The standard InChI is InChI=1S/C21H26N8O6S2/c1-9-13(29-6-3-21(4-7-29,5-8-29)19(22)34)12(18(32)33)28-16(31)11(17(28)36-9)24-15(30)10(26-35-2)14-25-20(23)37-27-14/h9,11,17H,3-8H2,1-2H3,(H5-,22,23,24,25,27,30,32,33,34)/p+1/b26-10-/t9?,11-,17-,21?,29?/m1/s1. The lowest BCUT2D eigenvalue weighted by Crippen LogP contribution is -2.73. The molecular weight excluding hydrogens is 524 g/mol. The number of carbonyl (C=O) groups excluding carboxylic acids is 3. The lowest BCUT2D eigenvalue weighted by Gasteiger charge is -2.58. The van der Waals surface area contributed by atoms with Crippen molar-refractivity contribution in [2.24, 2.45) is 16.3 Å². The van der Waals surface area contributed by atoms with Crippen LogP contribution in [0.4, 0.5) is 5.13 Å². The highest BCUT2D eigenvalue weighted by Gasteiger charge is 2.62. The van der Waals surface area contributed by atoms with Crippen molar-refractivity contribution >= 4 is 57.8 Å². The first-order valence-corrected chi connectivity index (χ1v) is 13.4. The number of hydrogen-bond acceptors (Lipinski definition) is 11. The molecule has 5 aliphatic heterocycles. The van der Waals surface area contributed by atoms with Gasteiger partial charge in [-0.3, -0.25) is 23.8 Å². The summed E-state index contributed by atoms with van der Waals surface area (Å²) in [7, 11) is 1.25. The highest BCUT2D eigenvalue weighted by atomic mass is 32.2. The van der Waals surface area contributed by atoms with Crippen LogP contribution in [0.3, 0.4) is 0 Å². The molecule has 1 unspecified atom stereocenters. The molecule has 0 aromatic carbocycles. The maximum atomic E-state index is 13.3. The van der Waals surface area contributed by atoms with Gasteiger partial charge in [-0.1, -0.05) is 5.16 Å². The van der Waals surface area contributed by atoms with E-state index >= 15 is 0 Å². The maximum absolute atomic E-state index is 13.3. The molecule has 0 spiro atoms. The van der Waals surface area contributed by atoms with Crippen LogP contribution in [0.5, 0.6) is 0 Å². The Morgan fingerprint density at radius 1 is 1.27 bits per heavy atom. The number of anilines is 1. The van der Waals surface area contributed by atoms with Crippen molar-refractivity contribution < 1.29 is 33.6 Å². The van der Waals surface area contributed by atoms with Crippen LogP contribution in [0.15, 0.2) is 16.5 Å². The Labute approximate surface area is 219 Å². The number of nitrogens with one attached hydrogen (secondary N) is 1. The van der Waals surface area contributed by atoms with Crippen molar-refractivity contribution in [1.29, 1.82) is 0 Å². The molecule has 198 valence electrons. The molecule has 4 saturated heterocycles. The molecule has 6 rings (SSSR count). The highest BCUT2D eigenvalue weighted by molar-refractivity contribution is 8.00. The number of oxime groups is 1. The Balaban J connectivity index is 1.41. The van der Waals surface area contributed by atoms with Gasteiger partial charge in [0.15, 0.2) is 16.5 Å². The van der Waals surface area contributed by atoms with Crippen LogP contribution in [0.1, 0.15) is 32.0 Å². The predicted molar refractivity (Wildman–Crippen MR) is 132 cm³/mol. The number of aromatic nitrogens is 2. The fourth-order valence-electron chi connectivity index (χ4n) is 5.93. The van der Waals surface area contributed by atoms with Gasteiger partial charge in [-0.25, -0.2) is 4.79 Å². The van der Waals surface area contributed by atoms with Gasteiger partial charge in [-0.05, 0) is 6.92 Å². The second-order valence-electron chi connectivity index (χ2n) is 9.66. The van der Waals surface area contributed by atoms with E-state index in [1.54, 1.807) is 0 Å². The molecule has 3 amide bonds. The van der Waals surface area contributed by atoms with Crippen molar-refractivity contribution in [2.75, 3.05) is 32.5 Å². The van der Waals surface area contributed by atoms with Crippen LogP contribution in [0, 0.1) is 5.41 Å². The Morgan fingerprint density at radius 3 is 2.43 bits per heavy atom. The number of β-lactam (4-membered cyclic amide) rings is 1. The molecule has 0 radical (unpaired) electrons. The summed E-state index contributed by atoms with van der Waals surface area (Å²) in [6.07, 6.45) is 1.76. The van der Waals surface area contributed by atoms with E-state index in [9.17, 15) is 24.3 Å². The number of primary amides is 1. The number of nitrogens with two attached hydrogens (primary N) is 2. The summed E-state index contributed by atoms with van der Waals surface area (Å²) in [4.78, 5) is 60.8. The van der Waals surface area contributed by atoms with E-state index in [1.165, 1.54) is 23.8 Å². The zero-order chi connectivity index (χ0) is 26.7. The third-order valence-electron chi connectivity index (χ3n) is 7.88. The van der Waals surface area contributed by atoms with Crippen molar-refractivity contribution in [3.63, 3.8) is 0 Å². The molecule has 0 saturated carbocycles. The smallest absolute Gasteiger partial charge is 0.358 e. The molecule has 4 fully saturated rings. The normalized spacial score (nSPS) is 33.0. The molecule has 1 aromatic heterocycles. The highest BCUT2D eigenvalue weighted by Crippen LogP contribution is 2.52. The first kappa shape index (κ1) is 25.4. The van der Waals surface area contributed by atoms with E-state index in [-0.39, 0.29) is 33.5 Å². The molecule has 6 heterocycles. The number of aliphatic carboxylic acids is 1. The average Bonchev–Trinajstić information content (AvgIpc) is 3.31. The SMILES string of the molecule is CO/N=C(\C(=O)N[C@@H]1C(=O)N2C(C(=O)O)=C([N+]34CCC(C(N)=O)(CC3)CC4)C(C)S[C@H]12)c1nsc(N)n1. The number of quaternary nitrogens is 1. The number of carbonyl (C=O) groups is 4. The number of piperidine rings is 3. The Hall–Kier alpha value is -3.24. The molecule has 1 aromatic rings. The van der Waals surface area contributed by atoms with E-state index in [0.29, 0.717) is 49.1 Å². The number of fused-ring (bicyclic) bond motifs is 4. The number of hydrogen-bond donors (Lipinski definition) is 4. The van der Waals surface area contributed by atoms with E-state index in [0.717, 1.165) is 11.5 Å². The summed E-state index contributed by atoms with van der Waals surface area (Å²) in [5.41, 5.74) is 11.2. The quantitative estimate of drug-likeness (QED) is 0.141. The van der Waals surface area contributed by atoms with Gasteiger partial charge in [0.2, 0.25) is 17.4 Å². The molecule has 3 atom stereocenters. The van der Waals surface area contributed by atoms with Crippen LogP contribution in [-0.4, -0.2) is 96.7 Å². The molecule has 16 heteroatoms. The molecule has 2 bridgehead atoms. The zero-order valence-electron chi connectivity index (χ0n) is 20.2. The number of thioether (sulfide) groups is 1. The van der Waals surface area contributed by atoms with Gasteiger partial charge in [0, 0.05) is 30.8 Å². The Bertz CT molecular complexity index is 1240. The van der Waals surface area contributed by atoms with Crippen LogP contribution in [0.25, 0.3) is 0 Å². The minimum absolute atomic E-state index is 0.0402. The van der Waals surface area contributed by atoms with Gasteiger partial charge in [-0.15, -0.1) is 11.8 Å². The number of nitrogen functional groups attached to an aromatic ring is 1. The van der Waals surface area contributed by atoms with Crippen LogP contribution < -0.4 is 16.8 Å². The molecule has 14 nitrogen and oxygen atoms in total. The van der Waals surface area contributed by atoms with Crippen LogP contribution in [0.2, 0.25) is 0 Å². The van der Waals surface area contributed by atoms with Crippen LogP contribution in [-0.2, 0) is 24.0 Å². The average molecular weight is 552 g/mol. The molecule has 5 aliphatic rings. The van der Waals surface area contributed by atoms with E-state index in [2.05, 4.69) is 19.8 Å². The second-order valence-corrected chi connectivity index (χ2v) is 11.9. The van der Waals surface area contributed by atoms with E-state index in [1.807, 2.05) is 6.92 Å². The third kappa shape index (κ3) is 3.85. The van der Waals surface area contributed by atoms with Crippen molar-refractivity contribution in [2.45, 2.75) is 42.9 Å². The van der Waals surface area contributed by atoms with Gasteiger partial charge in [-0.2, -0.15) is 9.36 Å². The minimum Gasteiger partial charge on any atom is -0.476 e. The summed E-state index contributed by atoms with van der Waals surface area (Å²) in [5.74, 6) is -2.81. The number of rotatable bonds is 7. The van der Waals surface area contributed by atoms with E-state index in [4.69, 9.17) is 16.3 Å². The number of carboxylic acids is 1. The molecule has 37 heavy (non-hydrogen) atoms. The van der Waals surface area contributed by atoms with Gasteiger partial charge in [0.1, 0.15) is 18.5 Å². The van der Waals surface area contributed by atoms with Crippen molar-refractivity contribution in [3.8, 4) is 0 Å². The minimum atomic E-state index is -1.20. The lowest BCUT2D eigenvalue weighted by atomic mass is 9.69. The lowest BCUT2D eigenvalue weighted by molar-refractivity contribution is -0.911. The van der Waals surface area contributed by atoms with Crippen molar-refractivity contribution in [3.05, 3.63) is 17.2 Å². The summed E-state index contributed by atoms with van der Waals surface area (Å²) in [5, 5.41) is 15.8. The second kappa shape index (κ2) is 8.95. The van der Waals surface area contributed by atoms with Crippen LogP contribution >= 0.6 is 23.3 Å². The number of amides is 3. The maximum Gasteiger partial charge on any atom is 0.358 e. The fraction of sp³-hybridized carbons (Fsp3) is 0.571. The first-order valence-electron chi connectivity index (χ1n) is 11.7. The third-order valence-corrected chi connectivity index (χ3v) is 9.82. The Morgan fingerprint density at radius 2 is 1.92 bits per heavy atom. The summed E-state index contributed by atoms with van der Waals surface area (Å²) in [6.45, 7) is 3.69. The van der Waals surface area contributed by atoms with Gasteiger partial charge in [0.25, 0.3) is 11.8 Å². The topological polar surface area (TPSA) is 203 Å². The molecule has 6 N–H and O–H groups in total. The summed E-state index contributed by atoms with van der Waals surface area (Å²) in [6, 6.07) is -0.973. The van der Waals surface area contributed by atoms with Crippen molar-refractivity contribution in [1.82, 2.24) is 19.6 Å². The zero-order valence-corrected chi connectivity index (χ0v) is 21.8. The van der Waals surface area contributed by atoms with Gasteiger partial charge in [0.05, 0.1) is 30.3 Å². The predicted octanol–water partition coefficient (Wildman–Crippen LogP) is -0.959. The monoisotopic (exact) mass is 551 g/mol. The first-order chi connectivity index (χ1) is 17.5. The van der Waals surface area contributed by atoms with Gasteiger partial charge >= 0.3 is 5.97 Å². The molecule has 0 aliphatic carbocycles. The number of nitrogens with zero attached hydrogens (tertiary/aromatic N) is 5. The molecular formula is C21H27N8O6S2+. The largest absolute Gasteiger partial charge is 0.476 e. The Kier molecular flexibility index (Phi) is 6.15. The van der Waals surface area contributed by atoms with E-state index < -0.39 is 34.6 Å².